The number of pyridine rings is 1. The van der Waals surface area contributed by atoms with Gasteiger partial charge in [0.15, 0.2) is 5.58 Å². The highest BCUT2D eigenvalue weighted by atomic mass is 16.4. The fraction of sp³-hybridized carbons (Fsp3) is 0. The number of carboxylic acids is 2. The van der Waals surface area contributed by atoms with E-state index in [1.165, 1.54) is 18.3 Å². The zero-order chi connectivity index (χ0) is 11.0. The van der Waals surface area contributed by atoms with Gasteiger partial charge in [-0.15, -0.1) is 0 Å². The van der Waals surface area contributed by atoms with E-state index < -0.39 is 23.3 Å². The Morgan fingerprint density at radius 3 is 2.60 bits per heavy atom. The van der Waals surface area contributed by atoms with Crippen LogP contribution in [-0.2, 0) is 0 Å². The molecule has 2 aromatic rings. The molecule has 0 aromatic carbocycles. The quantitative estimate of drug-likeness (QED) is 0.767. The van der Waals surface area contributed by atoms with Crippen LogP contribution in [-0.4, -0.2) is 27.1 Å². The van der Waals surface area contributed by atoms with Gasteiger partial charge in [0.2, 0.25) is 5.76 Å². The molecule has 0 spiro atoms. The van der Waals surface area contributed by atoms with Crippen LogP contribution in [0.25, 0.3) is 11.1 Å². The highest BCUT2D eigenvalue weighted by molar-refractivity contribution is 6.08. The number of carbonyl (C=O) groups is 2. The predicted molar refractivity (Wildman–Crippen MR) is 47.9 cm³/mol. The van der Waals surface area contributed by atoms with Gasteiger partial charge in [-0.25, -0.2) is 9.59 Å². The summed E-state index contributed by atoms with van der Waals surface area (Å²) in [6.07, 6.45) is 1.37. The van der Waals surface area contributed by atoms with Gasteiger partial charge < -0.3 is 14.6 Å². The lowest BCUT2D eigenvalue weighted by Gasteiger charge is -1.90. The maximum atomic E-state index is 10.8. The van der Waals surface area contributed by atoms with Gasteiger partial charge in [-0.2, -0.15) is 0 Å². The van der Waals surface area contributed by atoms with Crippen molar-refractivity contribution < 1.29 is 24.2 Å². The molecule has 0 saturated heterocycles. The number of aromatic carboxylic acids is 2. The molecule has 0 bridgehead atoms. The van der Waals surface area contributed by atoms with E-state index in [0.717, 1.165) is 0 Å². The number of fused-ring (bicyclic) bond motifs is 1. The molecule has 2 heterocycles. The van der Waals surface area contributed by atoms with Crippen LogP contribution >= 0.6 is 0 Å². The molecule has 0 aliphatic rings. The Morgan fingerprint density at radius 2 is 2.00 bits per heavy atom. The van der Waals surface area contributed by atoms with E-state index >= 15 is 0 Å². The molecule has 0 fully saturated rings. The van der Waals surface area contributed by atoms with Crippen LogP contribution in [0.5, 0.6) is 0 Å². The molecule has 76 valence electrons. The summed E-state index contributed by atoms with van der Waals surface area (Å²) in [5.74, 6) is -3.40. The second-order valence-corrected chi connectivity index (χ2v) is 2.77. The minimum absolute atomic E-state index is 0.0439. The summed E-state index contributed by atoms with van der Waals surface area (Å²) in [5.41, 5.74) is -0.229. The first kappa shape index (κ1) is 9.20. The fourth-order valence-corrected chi connectivity index (χ4v) is 1.28. The monoisotopic (exact) mass is 207 g/mol. The SMILES string of the molecule is O=C(O)c1oc2cccnc2c1C(=O)O. The van der Waals surface area contributed by atoms with Crippen LogP contribution < -0.4 is 0 Å². The Morgan fingerprint density at radius 1 is 1.27 bits per heavy atom. The summed E-state index contributed by atoms with van der Waals surface area (Å²) >= 11 is 0. The summed E-state index contributed by atoms with van der Waals surface area (Å²) in [6, 6.07) is 2.99. The van der Waals surface area contributed by atoms with Gasteiger partial charge in [-0.3, -0.25) is 4.98 Å². The molecule has 2 aromatic heterocycles. The zero-order valence-electron chi connectivity index (χ0n) is 7.30. The zero-order valence-corrected chi connectivity index (χ0v) is 7.30. The van der Waals surface area contributed by atoms with Crippen molar-refractivity contribution in [1.29, 1.82) is 0 Å². The molecule has 6 heteroatoms. The first-order chi connectivity index (χ1) is 7.11. The van der Waals surface area contributed by atoms with Crippen LogP contribution in [0.4, 0.5) is 0 Å². The number of hydrogen-bond donors (Lipinski definition) is 2. The van der Waals surface area contributed by atoms with Crippen LogP contribution in [0.2, 0.25) is 0 Å². The third kappa shape index (κ3) is 1.32. The van der Waals surface area contributed by atoms with Crippen LogP contribution in [0.1, 0.15) is 20.9 Å². The predicted octanol–water partition coefficient (Wildman–Crippen LogP) is 1.22. The molecule has 15 heavy (non-hydrogen) atoms. The number of carboxylic acid groups (broad SMARTS) is 2. The van der Waals surface area contributed by atoms with Crippen molar-refractivity contribution in [3.63, 3.8) is 0 Å². The summed E-state index contributed by atoms with van der Waals surface area (Å²) in [7, 11) is 0. The molecule has 0 unspecified atom stereocenters. The maximum Gasteiger partial charge on any atom is 0.372 e. The van der Waals surface area contributed by atoms with Crippen molar-refractivity contribution in [2.75, 3.05) is 0 Å². The second kappa shape index (κ2) is 3.09. The van der Waals surface area contributed by atoms with Crippen molar-refractivity contribution in [3.05, 3.63) is 29.7 Å². The molecule has 0 atom stereocenters. The summed E-state index contributed by atoms with van der Waals surface area (Å²) < 4.78 is 4.88. The third-order valence-electron chi connectivity index (χ3n) is 1.85. The van der Waals surface area contributed by atoms with Gasteiger partial charge in [0, 0.05) is 6.20 Å². The highest BCUT2D eigenvalue weighted by Gasteiger charge is 2.25. The van der Waals surface area contributed by atoms with Crippen LogP contribution in [0, 0.1) is 0 Å². The Hall–Kier alpha value is -2.37. The Balaban J connectivity index is 2.86. The lowest BCUT2D eigenvalue weighted by atomic mass is 10.2. The molecule has 0 saturated carbocycles. The number of hydrogen-bond acceptors (Lipinski definition) is 4. The minimum Gasteiger partial charge on any atom is -0.477 e. The van der Waals surface area contributed by atoms with E-state index in [1.807, 2.05) is 0 Å². The molecular weight excluding hydrogens is 202 g/mol. The molecule has 2 rings (SSSR count). The molecule has 2 N–H and O–H groups in total. The number of rotatable bonds is 2. The van der Waals surface area contributed by atoms with E-state index in [2.05, 4.69) is 4.98 Å². The third-order valence-corrected chi connectivity index (χ3v) is 1.85. The minimum atomic E-state index is -1.43. The van der Waals surface area contributed by atoms with E-state index in [-0.39, 0.29) is 11.1 Å². The number of aromatic nitrogens is 1. The van der Waals surface area contributed by atoms with Crippen molar-refractivity contribution in [2.45, 2.75) is 0 Å². The molecule has 0 aliphatic heterocycles. The summed E-state index contributed by atoms with van der Waals surface area (Å²) in [4.78, 5) is 25.3. The van der Waals surface area contributed by atoms with Crippen molar-refractivity contribution in [1.82, 2.24) is 4.98 Å². The first-order valence-corrected chi connectivity index (χ1v) is 3.95. The van der Waals surface area contributed by atoms with E-state index in [1.54, 1.807) is 0 Å². The average molecular weight is 207 g/mol. The summed E-state index contributed by atoms with van der Waals surface area (Å²) in [6.45, 7) is 0. The van der Waals surface area contributed by atoms with Crippen molar-refractivity contribution in [2.24, 2.45) is 0 Å². The van der Waals surface area contributed by atoms with Crippen molar-refractivity contribution >= 4 is 23.0 Å². The molecule has 0 amide bonds. The lowest BCUT2D eigenvalue weighted by Crippen LogP contribution is -2.05. The molecular formula is C9H5NO5. The normalized spacial score (nSPS) is 10.4. The van der Waals surface area contributed by atoms with Crippen LogP contribution in [0.15, 0.2) is 22.7 Å². The van der Waals surface area contributed by atoms with Gasteiger partial charge in [0.25, 0.3) is 0 Å². The largest absolute Gasteiger partial charge is 0.477 e. The van der Waals surface area contributed by atoms with E-state index in [9.17, 15) is 9.59 Å². The molecule has 0 radical (unpaired) electrons. The van der Waals surface area contributed by atoms with Gasteiger partial charge >= 0.3 is 11.9 Å². The Labute approximate surface area is 82.8 Å². The first-order valence-electron chi connectivity index (χ1n) is 3.95. The second-order valence-electron chi connectivity index (χ2n) is 2.77. The highest BCUT2D eigenvalue weighted by Crippen LogP contribution is 2.23. The Kier molecular flexibility index (Phi) is 1.89. The van der Waals surface area contributed by atoms with E-state index in [0.29, 0.717) is 0 Å². The molecule has 6 nitrogen and oxygen atoms in total. The number of furan rings is 1. The Bertz CT molecular complexity index is 557. The van der Waals surface area contributed by atoms with Gasteiger partial charge in [-0.05, 0) is 12.1 Å². The van der Waals surface area contributed by atoms with Gasteiger partial charge in [0.1, 0.15) is 11.1 Å². The van der Waals surface area contributed by atoms with Crippen molar-refractivity contribution in [3.8, 4) is 0 Å². The van der Waals surface area contributed by atoms with Gasteiger partial charge in [0.05, 0.1) is 0 Å². The van der Waals surface area contributed by atoms with Crippen LogP contribution in [0.3, 0.4) is 0 Å². The smallest absolute Gasteiger partial charge is 0.372 e. The number of nitrogens with zero attached hydrogens (tertiary/aromatic N) is 1. The topological polar surface area (TPSA) is 101 Å². The van der Waals surface area contributed by atoms with E-state index in [4.69, 9.17) is 14.6 Å². The summed E-state index contributed by atoms with van der Waals surface area (Å²) in [5, 5.41) is 17.6. The maximum absolute atomic E-state index is 10.8. The standard InChI is InChI=1S/C9H5NO5/c11-8(12)5-6-4(2-1-3-10-6)15-7(5)9(13)14/h1-3H,(H,11,12)(H,13,14). The fourth-order valence-electron chi connectivity index (χ4n) is 1.28. The lowest BCUT2D eigenvalue weighted by molar-refractivity contribution is 0.0628. The average Bonchev–Trinajstić information content (AvgIpc) is 2.56. The van der Waals surface area contributed by atoms with Gasteiger partial charge in [-0.1, -0.05) is 0 Å². The molecule has 0 aliphatic carbocycles.